The van der Waals surface area contributed by atoms with E-state index < -0.39 is 23.6 Å². The number of nitrogens with zero attached hydrogens (tertiary/aromatic N) is 1. The van der Waals surface area contributed by atoms with Crippen LogP contribution in [0.2, 0.25) is 0 Å². The first-order chi connectivity index (χ1) is 13.1. The smallest absolute Gasteiger partial charge is 0.410 e. The lowest BCUT2D eigenvalue weighted by Gasteiger charge is -2.23. The molecule has 1 aromatic carbocycles. The predicted molar refractivity (Wildman–Crippen MR) is 104 cm³/mol. The fraction of sp³-hybridized carbons (Fsp3) is 0.476. The van der Waals surface area contributed by atoms with Gasteiger partial charge in [0, 0.05) is 12.6 Å². The van der Waals surface area contributed by atoms with Crippen molar-refractivity contribution in [2.24, 2.45) is 0 Å². The van der Waals surface area contributed by atoms with Crippen LogP contribution in [0.15, 0.2) is 18.2 Å². The minimum Gasteiger partial charge on any atom is -0.462 e. The van der Waals surface area contributed by atoms with Crippen molar-refractivity contribution < 1.29 is 28.6 Å². The van der Waals surface area contributed by atoms with Crippen molar-refractivity contribution in [2.45, 2.75) is 40.2 Å². The monoisotopic (exact) mass is 389 g/mol. The zero-order valence-electron chi connectivity index (χ0n) is 17.3. The van der Waals surface area contributed by atoms with Crippen molar-refractivity contribution in [1.29, 1.82) is 0 Å². The van der Waals surface area contributed by atoms with E-state index in [0.717, 1.165) is 0 Å². The average molecular weight is 389 g/mol. The maximum atomic E-state index is 12.0. The van der Waals surface area contributed by atoms with Gasteiger partial charge >= 0.3 is 18.0 Å². The fourth-order valence-corrected chi connectivity index (χ4v) is 2.03. The van der Waals surface area contributed by atoms with Crippen LogP contribution in [-0.4, -0.2) is 55.3 Å². The van der Waals surface area contributed by atoms with Crippen LogP contribution in [0.5, 0.6) is 0 Å². The summed E-state index contributed by atoms with van der Waals surface area (Å²) in [6.45, 7) is 9.27. The molecule has 28 heavy (non-hydrogen) atoms. The van der Waals surface area contributed by atoms with E-state index in [1.54, 1.807) is 41.7 Å². The molecule has 0 fully saturated rings. The third-order valence-corrected chi connectivity index (χ3v) is 3.21. The van der Waals surface area contributed by atoms with Gasteiger partial charge in [-0.1, -0.05) is 11.8 Å². The standard InChI is InChI=1S/C21H27NO6/c1-7-26-18(23)16-12-15(13-17(14-16)19(24)27-8-2)10-9-11-22(6)20(25)28-21(3,4)5/h12-14H,7-8,11H2,1-6H3. The normalized spacial score (nSPS) is 10.4. The molecular weight excluding hydrogens is 362 g/mol. The summed E-state index contributed by atoms with van der Waals surface area (Å²) >= 11 is 0. The first-order valence-corrected chi connectivity index (χ1v) is 8.99. The molecule has 1 rings (SSSR count). The third kappa shape index (κ3) is 7.70. The summed E-state index contributed by atoms with van der Waals surface area (Å²) in [5, 5.41) is 0. The Balaban J connectivity index is 3.03. The van der Waals surface area contributed by atoms with Crippen molar-refractivity contribution in [3.05, 3.63) is 34.9 Å². The van der Waals surface area contributed by atoms with Crippen LogP contribution >= 0.6 is 0 Å². The number of amides is 1. The van der Waals surface area contributed by atoms with Gasteiger partial charge < -0.3 is 19.1 Å². The molecule has 1 amide bonds. The first-order valence-electron chi connectivity index (χ1n) is 8.99. The van der Waals surface area contributed by atoms with Gasteiger partial charge in [0.15, 0.2) is 0 Å². The first kappa shape index (κ1) is 23.0. The lowest BCUT2D eigenvalue weighted by molar-refractivity contribution is 0.0320. The SMILES string of the molecule is CCOC(=O)c1cc(C#CCN(C)C(=O)OC(C)(C)C)cc(C(=O)OCC)c1. The van der Waals surface area contributed by atoms with Gasteiger partial charge in [0.25, 0.3) is 0 Å². The van der Waals surface area contributed by atoms with E-state index in [-0.39, 0.29) is 30.9 Å². The van der Waals surface area contributed by atoms with E-state index in [9.17, 15) is 14.4 Å². The van der Waals surface area contributed by atoms with Crippen molar-refractivity contribution in [2.75, 3.05) is 26.8 Å². The molecule has 0 radical (unpaired) electrons. The molecule has 7 nitrogen and oxygen atoms in total. The Morgan fingerprint density at radius 1 is 0.964 bits per heavy atom. The maximum Gasteiger partial charge on any atom is 0.410 e. The maximum absolute atomic E-state index is 12.0. The Hall–Kier alpha value is -3.01. The summed E-state index contributed by atoms with van der Waals surface area (Å²) in [7, 11) is 1.57. The van der Waals surface area contributed by atoms with Gasteiger partial charge in [-0.3, -0.25) is 0 Å². The van der Waals surface area contributed by atoms with E-state index >= 15 is 0 Å². The van der Waals surface area contributed by atoms with E-state index in [0.29, 0.717) is 5.56 Å². The largest absolute Gasteiger partial charge is 0.462 e. The van der Waals surface area contributed by atoms with Crippen LogP contribution in [0, 0.1) is 11.8 Å². The second-order valence-corrected chi connectivity index (χ2v) is 6.88. The van der Waals surface area contributed by atoms with Gasteiger partial charge in [-0.2, -0.15) is 0 Å². The Bertz CT molecular complexity index is 746. The Labute approximate surface area is 165 Å². The summed E-state index contributed by atoms with van der Waals surface area (Å²) in [6, 6.07) is 4.47. The van der Waals surface area contributed by atoms with Gasteiger partial charge in [-0.15, -0.1) is 0 Å². The zero-order chi connectivity index (χ0) is 21.3. The van der Waals surface area contributed by atoms with E-state index in [1.165, 1.54) is 23.1 Å². The van der Waals surface area contributed by atoms with Crippen LogP contribution < -0.4 is 0 Å². The highest BCUT2D eigenvalue weighted by Gasteiger charge is 2.19. The molecule has 152 valence electrons. The third-order valence-electron chi connectivity index (χ3n) is 3.21. The molecule has 0 unspecified atom stereocenters. The number of benzene rings is 1. The fourth-order valence-electron chi connectivity index (χ4n) is 2.03. The number of hydrogen-bond acceptors (Lipinski definition) is 6. The van der Waals surface area contributed by atoms with Crippen LogP contribution in [0.1, 0.15) is 60.9 Å². The number of carbonyl (C=O) groups is 3. The Kier molecular flexibility index (Phi) is 8.52. The predicted octanol–water partition coefficient (Wildman–Crippen LogP) is 3.26. The van der Waals surface area contributed by atoms with E-state index in [1.807, 2.05) is 0 Å². The molecule has 0 N–H and O–H groups in total. The van der Waals surface area contributed by atoms with Gasteiger partial charge in [0.1, 0.15) is 5.60 Å². The average Bonchev–Trinajstić information content (AvgIpc) is 2.60. The number of carbonyl (C=O) groups excluding carboxylic acids is 3. The van der Waals surface area contributed by atoms with Crippen LogP contribution in [-0.2, 0) is 14.2 Å². The number of esters is 2. The molecule has 0 spiro atoms. The number of ether oxygens (including phenoxy) is 3. The molecule has 7 heteroatoms. The highest BCUT2D eigenvalue weighted by atomic mass is 16.6. The van der Waals surface area contributed by atoms with Crippen LogP contribution in [0.25, 0.3) is 0 Å². The van der Waals surface area contributed by atoms with Gasteiger partial charge in [-0.05, 0) is 52.8 Å². The Morgan fingerprint density at radius 2 is 1.46 bits per heavy atom. The summed E-state index contributed by atoms with van der Waals surface area (Å²) in [5.74, 6) is 4.58. The molecule has 0 aliphatic rings. The van der Waals surface area contributed by atoms with Crippen LogP contribution in [0.4, 0.5) is 4.79 Å². The highest BCUT2D eigenvalue weighted by molar-refractivity contribution is 5.96. The minimum atomic E-state index is -0.596. The molecular formula is C21H27NO6. The van der Waals surface area contributed by atoms with Gasteiger partial charge in [-0.25, -0.2) is 14.4 Å². The summed E-state index contributed by atoms with van der Waals surface area (Å²) in [6.07, 6.45) is -0.491. The lowest BCUT2D eigenvalue weighted by Crippen LogP contribution is -2.34. The molecule has 0 saturated carbocycles. The molecule has 0 heterocycles. The number of rotatable bonds is 5. The summed E-state index contributed by atoms with van der Waals surface area (Å²) < 4.78 is 15.2. The van der Waals surface area contributed by atoms with Gasteiger partial charge in [0.2, 0.25) is 0 Å². The minimum absolute atomic E-state index is 0.118. The topological polar surface area (TPSA) is 82.1 Å². The van der Waals surface area contributed by atoms with Crippen molar-refractivity contribution in [1.82, 2.24) is 4.90 Å². The zero-order valence-corrected chi connectivity index (χ0v) is 17.3. The van der Waals surface area contributed by atoms with Gasteiger partial charge in [0.05, 0.1) is 30.9 Å². The van der Waals surface area contributed by atoms with E-state index in [4.69, 9.17) is 14.2 Å². The van der Waals surface area contributed by atoms with Crippen LogP contribution in [0.3, 0.4) is 0 Å². The molecule has 0 saturated heterocycles. The molecule has 0 aromatic heterocycles. The van der Waals surface area contributed by atoms with E-state index in [2.05, 4.69) is 11.8 Å². The van der Waals surface area contributed by atoms with Crippen molar-refractivity contribution in [3.63, 3.8) is 0 Å². The molecule has 0 aliphatic heterocycles. The van der Waals surface area contributed by atoms with Crippen molar-refractivity contribution in [3.8, 4) is 11.8 Å². The molecule has 0 aliphatic carbocycles. The van der Waals surface area contributed by atoms with Crippen molar-refractivity contribution >= 4 is 18.0 Å². The Morgan fingerprint density at radius 3 is 1.89 bits per heavy atom. The second kappa shape index (κ2) is 10.4. The number of hydrogen-bond donors (Lipinski definition) is 0. The second-order valence-electron chi connectivity index (χ2n) is 6.88. The highest BCUT2D eigenvalue weighted by Crippen LogP contribution is 2.13. The molecule has 1 aromatic rings. The molecule has 0 bridgehead atoms. The lowest BCUT2D eigenvalue weighted by atomic mass is 10.1. The summed E-state index contributed by atoms with van der Waals surface area (Å²) in [4.78, 5) is 37.4. The molecule has 0 atom stereocenters. The quantitative estimate of drug-likeness (QED) is 0.437. The summed E-state index contributed by atoms with van der Waals surface area (Å²) in [5.41, 5.74) is 0.252.